The molecule has 0 amide bonds. The minimum atomic E-state index is -0.939. The molecule has 1 heterocycles. The Morgan fingerprint density at radius 1 is 1.53 bits per heavy atom. The lowest BCUT2D eigenvalue weighted by atomic mass is 10.2. The molecule has 2 aromatic rings. The molecule has 2 N–H and O–H groups in total. The number of hydrogen-bond donors (Lipinski definition) is 2. The number of rotatable bonds is 3. The maximum Gasteiger partial charge on any atom is 0.309 e. The molecule has 5 heteroatoms. The molecule has 0 atom stereocenters. The molecule has 4 nitrogen and oxygen atoms in total. The van der Waals surface area contributed by atoms with Crippen molar-refractivity contribution >= 4 is 5.97 Å². The maximum atomic E-state index is 13.0. The second kappa shape index (κ2) is 4.37. The van der Waals surface area contributed by atoms with Crippen molar-refractivity contribution in [3.05, 3.63) is 41.5 Å². The third-order valence-corrected chi connectivity index (χ3v) is 2.40. The zero-order valence-electron chi connectivity index (χ0n) is 9.20. The molecule has 1 aromatic carbocycles. The third kappa shape index (κ3) is 2.50. The summed E-state index contributed by atoms with van der Waals surface area (Å²) >= 11 is 0. The van der Waals surface area contributed by atoms with Crippen molar-refractivity contribution in [2.45, 2.75) is 13.3 Å². The first-order chi connectivity index (χ1) is 8.06. The van der Waals surface area contributed by atoms with Crippen LogP contribution in [0.3, 0.4) is 0 Å². The molecule has 0 unspecified atom stereocenters. The Morgan fingerprint density at radius 2 is 2.29 bits per heavy atom. The molecule has 0 radical (unpaired) electrons. The largest absolute Gasteiger partial charge is 0.481 e. The van der Waals surface area contributed by atoms with Gasteiger partial charge in [0, 0.05) is 11.3 Å². The summed E-state index contributed by atoms with van der Waals surface area (Å²) < 4.78 is 13.0. The molecule has 0 aliphatic rings. The number of H-pyrrole nitrogens is 1. The van der Waals surface area contributed by atoms with Gasteiger partial charge in [-0.2, -0.15) is 0 Å². The molecule has 0 fully saturated rings. The van der Waals surface area contributed by atoms with Crippen LogP contribution in [0.25, 0.3) is 11.4 Å². The van der Waals surface area contributed by atoms with Crippen LogP contribution in [0.1, 0.15) is 11.4 Å². The summed E-state index contributed by atoms with van der Waals surface area (Å²) in [4.78, 5) is 17.7. The van der Waals surface area contributed by atoms with Crippen LogP contribution in [-0.2, 0) is 11.2 Å². The fourth-order valence-corrected chi connectivity index (χ4v) is 1.58. The van der Waals surface area contributed by atoms with Crippen LogP contribution in [0.2, 0.25) is 0 Å². The van der Waals surface area contributed by atoms with Crippen molar-refractivity contribution in [2.75, 3.05) is 0 Å². The maximum absolute atomic E-state index is 13.0. The third-order valence-electron chi connectivity index (χ3n) is 2.40. The molecular formula is C12H11FN2O2. The number of nitrogens with one attached hydrogen (secondary N) is 1. The molecule has 0 aliphatic heterocycles. The Balaban J connectivity index is 2.37. The number of carboxylic acids is 1. The number of hydrogen-bond acceptors (Lipinski definition) is 2. The van der Waals surface area contributed by atoms with E-state index in [2.05, 4.69) is 9.97 Å². The van der Waals surface area contributed by atoms with E-state index in [-0.39, 0.29) is 12.2 Å². The van der Waals surface area contributed by atoms with E-state index >= 15 is 0 Å². The van der Waals surface area contributed by atoms with Crippen molar-refractivity contribution in [3.8, 4) is 11.4 Å². The van der Waals surface area contributed by atoms with Gasteiger partial charge in [-0.1, -0.05) is 12.1 Å². The van der Waals surface area contributed by atoms with E-state index in [0.717, 1.165) is 0 Å². The lowest BCUT2D eigenvalue weighted by Crippen LogP contribution is -2.01. The number of carbonyl (C=O) groups is 1. The lowest BCUT2D eigenvalue weighted by molar-refractivity contribution is -0.136. The van der Waals surface area contributed by atoms with Crippen LogP contribution < -0.4 is 0 Å². The van der Waals surface area contributed by atoms with Gasteiger partial charge in [0.2, 0.25) is 0 Å². The van der Waals surface area contributed by atoms with Gasteiger partial charge < -0.3 is 10.1 Å². The number of aromatic amines is 1. The summed E-state index contributed by atoms with van der Waals surface area (Å²) in [5.74, 6) is -0.806. The number of halogens is 1. The summed E-state index contributed by atoms with van der Waals surface area (Å²) in [5.41, 5.74) is 1.76. The highest BCUT2D eigenvalue weighted by atomic mass is 19.1. The Morgan fingerprint density at radius 3 is 2.94 bits per heavy atom. The summed E-state index contributed by atoms with van der Waals surface area (Å²) in [6, 6.07) is 5.99. The SMILES string of the molecule is Cc1[nH]c(-c2cccc(F)c2)nc1CC(=O)O. The zero-order chi connectivity index (χ0) is 12.4. The van der Waals surface area contributed by atoms with Gasteiger partial charge >= 0.3 is 5.97 Å². The van der Waals surface area contributed by atoms with Crippen molar-refractivity contribution in [2.24, 2.45) is 0 Å². The lowest BCUT2D eigenvalue weighted by Gasteiger charge is -1.95. The molecule has 88 valence electrons. The first-order valence-electron chi connectivity index (χ1n) is 5.09. The number of benzene rings is 1. The first kappa shape index (κ1) is 11.3. The van der Waals surface area contributed by atoms with Gasteiger partial charge in [-0.3, -0.25) is 4.79 Å². The van der Waals surface area contributed by atoms with Crippen LogP contribution in [0, 0.1) is 12.7 Å². The molecule has 0 spiro atoms. The van der Waals surface area contributed by atoms with E-state index in [0.29, 0.717) is 22.8 Å². The van der Waals surface area contributed by atoms with Crippen molar-refractivity contribution in [1.29, 1.82) is 0 Å². The smallest absolute Gasteiger partial charge is 0.309 e. The van der Waals surface area contributed by atoms with Crippen molar-refractivity contribution < 1.29 is 14.3 Å². The molecule has 0 saturated heterocycles. The van der Waals surface area contributed by atoms with E-state index in [4.69, 9.17) is 5.11 Å². The normalized spacial score (nSPS) is 10.5. The monoisotopic (exact) mass is 234 g/mol. The predicted octanol–water partition coefficient (Wildman–Crippen LogP) is 2.15. The van der Waals surface area contributed by atoms with Crippen LogP contribution in [0.4, 0.5) is 4.39 Å². The molecule has 0 aliphatic carbocycles. The van der Waals surface area contributed by atoms with Gasteiger partial charge in [0.1, 0.15) is 11.6 Å². The fourth-order valence-electron chi connectivity index (χ4n) is 1.58. The van der Waals surface area contributed by atoms with Crippen LogP contribution in [0.5, 0.6) is 0 Å². The van der Waals surface area contributed by atoms with Gasteiger partial charge in [0.05, 0.1) is 12.1 Å². The van der Waals surface area contributed by atoms with E-state index in [1.807, 2.05) is 0 Å². The van der Waals surface area contributed by atoms with E-state index in [1.165, 1.54) is 12.1 Å². The number of imidazole rings is 1. The zero-order valence-corrected chi connectivity index (χ0v) is 9.20. The highest BCUT2D eigenvalue weighted by molar-refractivity contribution is 5.70. The predicted molar refractivity (Wildman–Crippen MR) is 60.1 cm³/mol. The summed E-state index contributed by atoms with van der Waals surface area (Å²) in [6.07, 6.45) is -0.141. The van der Waals surface area contributed by atoms with Crippen molar-refractivity contribution in [1.82, 2.24) is 9.97 Å². The summed E-state index contributed by atoms with van der Waals surface area (Å²) in [5, 5.41) is 8.70. The first-order valence-corrected chi connectivity index (χ1v) is 5.09. The van der Waals surface area contributed by atoms with Gasteiger partial charge in [0.25, 0.3) is 0 Å². The number of nitrogens with zero attached hydrogens (tertiary/aromatic N) is 1. The van der Waals surface area contributed by atoms with E-state index < -0.39 is 5.97 Å². The Labute approximate surface area is 97.1 Å². The second-order valence-electron chi connectivity index (χ2n) is 3.74. The molecule has 0 saturated carbocycles. The van der Waals surface area contributed by atoms with Gasteiger partial charge in [-0.05, 0) is 19.1 Å². The van der Waals surface area contributed by atoms with Crippen LogP contribution >= 0.6 is 0 Å². The molecule has 0 bridgehead atoms. The standard InChI is InChI=1S/C12H11FN2O2/c1-7-10(6-11(16)17)15-12(14-7)8-3-2-4-9(13)5-8/h2-5H,6H2,1H3,(H,14,15)(H,16,17). The molecule has 17 heavy (non-hydrogen) atoms. The molecule has 2 rings (SSSR count). The number of aromatic nitrogens is 2. The minimum Gasteiger partial charge on any atom is -0.481 e. The molecular weight excluding hydrogens is 223 g/mol. The highest BCUT2D eigenvalue weighted by Gasteiger charge is 2.11. The summed E-state index contributed by atoms with van der Waals surface area (Å²) in [6.45, 7) is 1.74. The fraction of sp³-hybridized carbons (Fsp3) is 0.167. The van der Waals surface area contributed by atoms with E-state index in [9.17, 15) is 9.18 Å². The second-order valence-corrected chi connectivity index (χ2v) is 3.74. The quantitative estimate of drug-likeness (QED) is 0.855. The summed E-state index contributed by atoms with van der Waals surface area (Å²) in [7, 11) is 0. The van der Waals surface area contributed by atoms with Gasteiger partial charge in [-0.15, -0.1) is 0 Å². The minimum absolute atomic E-state index is 0.141. The van der Waals surface area contributed by atoms with Crippen LogP contribution in [0.15, 0.2) is 24.3 Å². The average Bonchev–Trinajstić information content (AvgIpc) is 2.59. The van der Waals surface area contributed by atoms with E-state index in [1.54, 1.807) is 19.1 Å². The number of aryl methyl sites for hydroxylation is 1. The Kier molecular flexibility index (Phi) is 2.91. The van der Waals surface area contributed by atoms with Gasteiger partial charge in [0.15, 0.2) is 0 Å². The topological polar surface area (TPSA) is 66.0 Å². The number of carboxylic acid groups (broad SMARTS) is 1. The average molecular weight is 234 g/mol. The highest BCUT2D eigenvalue weighted by Crippen LogP contribution is 2.19. The Bertz CT molecular complexity index is 563. The Hall–Kier alpha value is -2.17. The van der Waals surface area contributed by atoms with Crippen molar-refractivity contribution in [3.63, 3.8) is 0 Å². The number of aliphatic carboxylic acids is 1. The van der Waals surface area contributed by atoms with Gasteiger partial charge in [-0.25, -0.2) is 9.37 Å². The van der Waals surface area contributed by atoms with Crippen LogP contribution in [-0.4, -0.2) is 21.0 Å². The molecule has 1 aromatic heterocycles.